The third kappa shape index (κ3) is 3.44. The molecule has 1 amide bonds. The SMILES string of the molecule is NNC(=O)/C=C\c1cc(Br)cc([N+](=O)[O-])c1. The lowest BCUT2D eigenvalue weighted by Crippen LogP contribution is -2.27. The van der Waals surface area contributed by atoms with Gasteiger partial charge in [-0.05, 0) is 17.7 Å². The largest absolute Gasteiger partial charge is 0.291 e. The van der Waals surface area contributed by atoms with Gasteiger partial charge < -0.3 is 0 Å². The standard InChI is InChI=1S/C9H8BrN3O3/c10-7-3-6(1-2-9(14)12-11)4-8(5-7)13(15)16/h1-5H,11H2,(H,12,14)/b2-1-. The maximum absolute atomic E-state index is 10.8. The Balaban J connectivity index is 3.01. The van der Waals surface area contributed by atoms with Crippen molar-refractivity contribution in [3.05, 3.63) is 44.4 Å². The van der Waals surface area contributed by atoms with Gasteiger partial charge in [-0.1, -0.05) is 15.9 Å². The summed E-state index contributed by atoms with van der Waals surface area (Å²) in [5.41, 5.74) is 2.39. The molecule has 1 aromatic carbocycles. The molecule has 0 unspecified atom stereocenters. The number of nitrogens with one attached hydrogen (secondary N) is 1. The van der Waals surface area contributed by atoms with Gasteiger partial charge in [-0.25, -0.2) is 5.84 Å². The molecule has 0 saturated heterocycles. The Labute approximate surface area is 99.4 Å². The summed E-state index contributed by atoms with van der Waals surface area (Å²) in [6.07, 6.45) is 2.62. The number of nitrogens with two attached hydrogens (primary N) is 1. The number of hydrogen-bond acceptors (Lipinski definition) is 4. The van der Waals surface area contributed by atoms with Gasteiger partial charge in [0, 0.05) is 22.7 Å². The number of rotatable bonds is 3. The van der Waals surface area contributed by atoms with Crippen LogP contribution in [0.4, 0.5) is 5.69 Å². The van der Waals surface area contributed by atoms with Gasteiger partial charge in [0.25, 0.3) is 11.6 Å². The van der Waals surface area contributed by atoms with Gasteiger partial charge >= 0.3 is 0 Å². The summed E-state index contributed by atoms with van der Waals surface area (Å²) in [6, 6.07) is 4.37. The van der Waals surface area contributed by atoms with E-state index >= 15 is 0 Å². The van der Waals surface area contributed by atoms with Gasteiger partial charge in [0.2, 0.25) is 0 Å². The number of amides is 1. The fourth-order valence-electron chi connectivity index (χ4n) is 1.02. The fraction of sp³-hybridized carbons (Fsp3) is 0. The number of hydrogen-bond donors (Lipinski definition) is 2. The van der Waals surface area contributed by atoms with Crippen molar-refractivity contribution in [3.63, 3.8) is 0 Å². The predicted octanol–water partition coefficient (Wildman–Crippen LogP) is 1.36. The zero-order chi connectivity index (χ0) is 12.1. The van der Waals surface area contributed by atoms with E-state index in [1.807, 2.05) is 5.43 Å². The number of nitro benzene ring substituents is 1. The van der Waals surface area contributed by atoms with Crippen molar-refractivity contribution in [1.82, 2.24) is 5.43 Å². The molecule has 0 aliphatic rings. The zero-order valence-corrected chi connectivity index (χ0v) is 9.60. The molecule has 0 fully saturated rings. The maximum Gasteiger partial charge on any atom is 0.271 e. The summed E-state index contributed by atoms with van der Waals surface area (Å²) in [5.74, 6) is 4.39. The number of carbonyl (C=O) groups excluding carboxylic acids is 1. The summed E-state index contributed by atoms with van der Waals surface area (Å²) in [5, 5.41) is 10.6. The zero-order valence-electron chi connectivity index (χ0n) is 8.01. The third-order valence-electron chi connectivity index (χ3n) is 1.69. The lowest BCUT2D eigenvalue weighted by atomic mass is 10.2. The molecule has 7 heteroatoms. The van der Waals surface area contributed by atoms with Crippen molar-refractivity contribution >= 4 is 33.6 Å². The molecule has 0 atom stereocenters. The normalized spacial score (nSPS) is 10.4. The average Bonchev–Trinajstić information content (AvgIpc) is 2.25. The van der Waals surface area contributed by atoms with E-state index < -0.39 is 10.8 Å². The van der Waals surface area contributed by atoms with E-state index in [0.29, 0.717) is 10.0 Å². The van der Waals surface area contributed by atoms with Crippen LogP contribution in [0.5, 0.6) is 0 Å². The number of nitro groups is 1. The van der Waals surface area contributed by atoms with Crippen LogP contribution < -0.4 is 11.3 Å². The lowest BCUT2D eigenvalue weighted by molar-refractivity contribution is -0.384. The van der Waals surface area contributed by atoms with Crippen molar-refractivity contribution in [2.75, 3.05) is 0 Å². The topological polar surface area (TPSA) is 98.3 Å². The summed E-state index contributed by atoms with van der Waals surface area (Å²) >= 11 is 3.14. The quantitative estimate of drug-likeness (QED) is 0.288. The van der Waals surface area contributed by atoms with Crippen LogP contribution in [0.15, 0.2) is 28.7 Å². The molecule has 0 radical (unpaired) electrons. The summed E-state index contributed by atoms with van der Waals surface area (Å²) in [4.78, 5) is 20.9. The van der Waals surface area contributed by atoms with Crippen molar-refractivity contribution in [1.29, 1.82) is 0 Å². The Kier molecular flexibility index (Phi) is 4.15. The monoisotopic (exact) mass is 285 g/mol. The number of benzene rings is 1. The minimum atomic E-state index is -0.509. The molecule has 0 saturated carbocycles. The first kappa shape index (κ1) is 12.3. The molecule has 16 heavy (non-hydrogen) atoms. The van der Waals surface area contributed by atoms with Crippen LogP contribution >= 0.6 is 15.9 Å². The Bertz CT molecular complexity index is 459. The number of halogens is 1. The van der Waals surface area contributed by atoms with Crippen LogP contribution in [0.25, 0.3) is 6.08 Å². The van der Waals surface area contributed by atoms with E-state index in [-0.39, 0.29) is 5.69 Å². The molecular weight excluding hydrogens is 278 g/mol. The molecule has 0 bridgehead atoms. The first-order chi connectivity index (χ1) is 7.52. The second-order valence-electron chi connectivity index (χ2n) is 2.84. The second-order valence-corrected chi connectivity index (χ2v) is 3.76. The van der Waals surface area contributed by atoms with Gasteiger partial charge in [-0.2, -0.15) is 0 Å². The van der Waals surface area contributed by atoms with Gasteiger partial charge in [0.05, 0.1) is 4.92 Å². The maximum atomic E-state index is 10.8. The van der Waals surface area contributed by atoms with Gasteiger partial charge in [-0.15, -0.1) is 0 Å². The van der Waals surface area contributed by atoms with Crippen molar-refractivity contribution in [2.45, 2.75) is 0 Å². The minimum Gasteiger partial charge on any atom is -0.291 e. The van der Waals surface area contributed by atoms with Crippen LogP contribution in [0.3, 0.4) is 0 Å². The first-order valence-electron chi connectivity index (χ1n) is 4.16. The van der Waals surface area contributed by atoms with Gasteiger partial charge in [0.15, 0.2) is 0 Å². The van der Waals surface area contributed by atoms with Crippen LogP contribution in [-0.2, 0) is 4.79 Å². The summed E-state index contributed by atoms with van der Waals surface area (Å²) < 4.78 is 0.564. The molecule has 1 rings (SSSR count). The summed E-state index contributed by atoms with van der Waals surface area (Å²) in [7, 11) is 0. The molecule has 6 nitrogen and oxygen atoms in total. The Morgan fingerprint density at radius 1 is 1.50 bits per heavy atom. The van der Waals surface area contributed by atoms with Crippen LogP contribution in [-0.4, -0.2) is 10.8 Å². The van der Waals surface area contributed by atoms with E-state index in [1.165, 1.54) is 24.3 Å². The average molecular weight is 286 g/mol. The molecule has 0 spiro atoms. The molecule has 0 heterocycles. The highest BCUT2D eigenvalue weighted by molar-refractivity contribution is 9.10. The predicted molar refractivity (Wildman–Crippen MR) is 62.2 cm³/mol. The number of non-ortho nitro benzene ring substituents is 1. The highest BCUT2D eigenvalue weighted by Gasteiger charge is 2.07. The Morgan fingerprint density at radius 2 is 2.19 bits per heavy atom. The first-order valence-corrected chi connectivity index (χ1v) is 4.96. The molecule has 84 valence electrons. The molecule has 3 N–H and O–H groups in total. The smallest absolute Gasteiger partial charge is 0.271 e. The van der Waals surface area contributed by atoms with Gasteiger partial charge in [-0.3, -0.25) is 20.3 Å². The van der Waals surface area contributed by atoms with E-state index in [1.54, 1.807) is 6.07 Å². The summed E-state index contributed by atoms with van der Waals surface area (Å²) in [6.45, 7) is 0. The van der Waals surface area contributed by atoms with E-state index in [4.69, 9.17) is 5.84 Å². The third-order valence-corrected chi connectivity index (χ3v) is 2.14. The number of nitrogens with zero attached hydrogens (tertiary/aromatic N) is 1. The van der Waals surface area contributed by atoms with Gasteiger partial charge in [0.1, 0.15) is 0 Å². The molecule has 1 aromatic rings. The highest BCUT2D eigenvalue weighted by Crippen LogP contribution is 2.21. The number of hydrazine groups is 1. The molecular formula is C9H8BrN3O3. The van der Waals surface area contributed by atoms with Crippen molar-refractivity contribution in [3.8, 4) is 0 Å². The minimum absolute atomic E-state index is 0.0535. The van der Waals surface area contributed by atoms with Crippen LogP contribution in [0, 0.1) is 10.1 Å². The van der Waals surface area contributed by atoms with Crippen LogP contribution in [0.2, 0.25) is 0 Å². The number of carbonyl (C=O) groups is 1. The van der Waals surface area contributed by atoms with Crippen molar-refractivity contribution < 1.29 is 9.72 Å². The molecule has 0 aromatic heterocycles. The Hall–Kier alpha value is -1.73. The lowest BCUT2D eigenvalue weighted by Gasteiger charge is -1.97. The van der Waals surface area contributed by atoms with E-state index in [2.05, 4.69) is 15.9 Å². The van der Waals surface area contributed by atoms with E-state index in [9.17, 15) is 14.9 Å². The fourth-order valence-corrected chi connectivity index (χ4v) is 1.52. The van der Waals surface area contributed by atoms with E-state index in [0.717, 1.165) is 0 Å². The second kappa shape index (κ2) is 5.38. The Morgan fingerprint density at radius 3 is 2.75 bits per heavy atom. The van der Waals surface area contributed by atoms with Crippen LogP contribution in [0.1, 0.15) is 5.56 Å². The molecule has 0 aliphatic heterocycles. The van der Waals surface area contributed by atoms with Crippen molar-refractivity contribution in [2.24, 2.45) is 5.84 Å². The molecule has 0 aliphatic carbocycles. The highest BCUT2D eigenvalue weighted by atomic mass is 79.9.